The zero-order valence-corrected chi connectivity index (χ0v) is 18.4. The quantitative estimate of drug-likeness (QED) is 0.658. The zero-order valence-electron chi connectivity index (χ0n) is 18.4. The highest BCUT2D eigenvalue weighted by Gasteiger charge is 2.51. The number of nitrogens with zero attached hydrogens (tertiary/aromatic N) is 2. The van der Waals surface area contributed by atoms with Crippen molar-refractivity contribution in [2.75, 3.05) is 20.2 Å². The van der Waals surface area contributed by atoms with E-state index in [-0.39, 0.29) is 30.0 Å². The van der Waals surface area contributed by atoms with E-state index in [0.717, 1.165) is 37.0 Å². The normalized spacial score (nSPS) is 17.0. The molecular weight excluding hydrogens is 414 g/mol. The summed E-state index contributed by atoms with van der Waals surface area (Å²) in [6, 6.07) is 9.64. The first kappa shape index (κ1) is 23.3. The van der Waals surface area contributed by atoms with Gasteiger partial charge >= 0.3 is 0 Å². The van der Waals surface area contributed by atoms with E-state index in [1.54, 1.807) is 25.0 Å². The molecule has 0 spiro atoms. The zero-order chi connectivity index (χ0) is 23.1. The fourth-order valence-electron chi connectivity index (χ4n) is 4.37. The SMILES string of the molecule is COc1cccc(CC2(C(=O)NC3CCCC3)CN(C(=O)c3cc(C)on3)C2)c1.O=CO. The van der Waals surface area contributed by atoms with Gasteiger partial charge in [-0.05, 0) is 43.9 Å². The topological polar surface area (TPSA) is 122 Å². The molecule has 0 atom stereocenters. The second-order valence-corrected chi connectivity index (χ2v) is 8.35. The number of likely N-dealkylation sites (tertiary alicyclic amines) is 1. The summed E-state index contributed by atoms with van der Waals surface area (Å²) in [5, 5.41) is 13.9. The number of methoxy groups -OCH3 is 1. The predicted molar refractivity (Wildman–Crippen MR) is 115 cm³/mol. The third-order valence-corrected chi connectivity index (χ3v) is 5.97. The minimum Gasteiger partial charge on any atom is -0.497 e. The number of ether oxygens (including phenoxy) is 1. The smallest absolute Gasteiger partial charge is 0.290 e. The van der Waals surface area contributed by atoms with E-state index in [4.69, 9.17) is 19.2 Å². The average Bonchev–Trinajstić information content (AvgIpc) is 3.42. The largest absolute Gasteiger partial charge is 0.497 e. The number of benzene rings is 1. The Labute approximate surface area is 186 Å². The van der Waals surface area contributed by atoms with Crippen molar-refractivity contribution >= 4 is 18.3 Å². The molecule has 1 aliphatic heterocycles. The van der Waals surface area contributed by atoms with Crippen LogP contribution in [0, 0.1) is 12.3 Å². The summed E-state index contributed by atoms with van der Waals surface area (Å²) in [6.07, 6.45) is 4.93. The van der Waals surface area contributed by atoms with Crippen molar-refractivity contribution in [1.29, 1.82) is 0 Å². The molecule has 172 valence electrons. The molecule has 2 aliphatic rings. The Balaban J connectivity index is 0.000000913. The van der Waals surface area contributed by atoms with Crippen molar-refractivity contribution < 1.29 is 28.8 Å². The number of carbonyl (C=O) groups is 3. The van der Waals surface area contributed by atoms with Gasteiger partial charge in [0.15, 0.2) is 5.69 Å². The molecule has 1 aliphatic carbocycles. The Morgan fingerprint density at radius 2 is 2.00 bits per heavy atom. The van der Waals surface area contributed by atoms with Crippen LogP contribution in [0.4, 0.5) is 0 Å². The fraction of sp³-hybridized carbons (Fsp3) is 0.478. The molecule has 9 nitrogen and oxygen atoms in total. The highest BCUT2D eigenvalue weighted by Crippen LogP contribution is 2.37. The minimum absolute atomic E-state index is 0.0348. The van der Waals surface area contributed by atoms with Gasteiger partial charge in [-0.3, -0.25) is 14.4 Å². The fourth-order valence-corrected chi connectivity index (χ4v) is 4.37. The second kappa shape index (κ2) is 10.3. The third kappa shape index (κ3) is 5.27. The lowest BCUT2D eigenvalue weighted by Gasteiger charge is -2.49. The first-order valence-corrected chi connectivity index (χ1v) is 10.6. The van der Waals surface area contributed by atoms with Gasteiger partial charge in [-0.15, -0.1) is 0 Å². The molecule has 1 aromatic heterocycles. The first-order chi connectivity index (χ1) is 15.4. The second-order valence-electron chi connectivity index (χ2n) is 8.35. The van der Waals surface area contributed by atoms with Crippen molar-refractivity contribution in [2.24, 2.45) is 5.41 Å². The highest BCUT2D eigenvalue weighted by molar-refractivity contribution is 5.95. The van der Waals surface area contributed by atoms with Crippen molar-refractivity contribution in [3.8, 4) is 5.75 Å². The van der Waals surface area contributed by atoms with Gasteiger partial charge < -0.3 is 24.6 Å². The number of rotatable bonds is 6. The Morgan fingerprint density at radius 1 is 1.31 bits per heavy atom. The molecule has 0 unspecified atom stereocenters. The van der Waals surface area contributed by atoms with Gasteiger partial charge in [0, 0.05) is 25.2 Å². The lowest BCUT2D eigenvalue weighted by molar-refractivity contribution is -0.140. The Bertz CT molecular complexity index is 945. The lowest BCUT2D eigenvalue weighted by atomic mass is 9.73. The maximum atomic E-state index is 13.3. The molecule has 2 N–H and O–H groups in total. The molecule has 2 heterocycles. The molecule has 2 fully saturated rings. The van der Waals surface area contributed by atoms with Crippen molar-refractivity contribution in [3.63, 3.8) is 0 Å². The first-order valence-electron chi connectivity index (χ1n) is 10.6. The standard InChI is InChI=1S/C22H27N3O4.CH2O2/c1-15-10-19(24-29-15)20(26)25-13-22(14-25,21(27)23-17-7-3-4-8-17)12-16-6-5-9-18(11-16)28-2;2-1-3/h5-6,9-11,17H,3-4,7-8,12-14H2,1-2H3,(H,23,27);1H,(H,2,3). The number of nitrogens with one attached hydrogen (secondary N) is 1. The number of aryl methyl sites for hydroxylation is 1. The van der Waals surface area contributed by atoms with Crippen LogP contribution in [0.3, 0.4) is 0 Å². The van der Waals surface area contributed by atoms with Gasteiger partial charge in [-0.25, -0.2) is 0 Å². The third-order valence-electron chi connectivity index (χ3n) is 5.97. The predicted octanol–water partition coefficient (Wildman–Crippen LogP) is 2.44. The summed E-state index contributed by atoms with van der Waals surface area (Å²) in [6.45, 7) is 2.24. The molecule has 0 bridgehead atoms. The molecule has 1 saturated carbocycles. The summed E-state index contributed by atoms with van der Waals surface area (Å²) in [7, 11) is 1.63. The van der Waals surface area contributed by atoms with E-state index in [1.807, 2.05) is 24.3 Å². The van der Waals surface area contributed by atoms with E-state index in [1.165, 1.54) is 0 Å². The van der Waals surface area contributed by atoms with Crippen LogP contribution < -0.4 is 10.1 Å². The van der Waals surface area contributed by atoms with E-state index < -0.39 is 5.41 Å². The summed E-state index contributed by atoms with van der Waals surface area (Å²) in [5.74, 6) is 1.19. The molecule has 2 amide bonds. The Hall–Kier alpha value is -3.36. The summed E-state index contributed by atoms with van der Waals surface area (Å²) in [5.41, 5.74) is 0.674. The number of aromatic nitrogens is 1. The average molecular weight is 444 g/mol. The maximum absolute atomic E-state index is 13.3. The Morgan fingerprint density at radius 3 is 2.59 bits per heavy atom. The summed E-state index contributed by atoms with van der Waals surface area (Å²) in [4.78, 5) is 36.0. The number of amides is 2. The molecule has 1 aromatic carbocycles. The van der Waals surface area contributed by atoms with Gasteiger partial charge in [0.2, 0.25) is 5.91 Å². The van der Waals surface area contributed by atoms with Crippen LogP contribution in [-0.2, 0) is 16.0 Å². The Kier molecular flexibility index (Phi) is 7.50. The van der Waals surface area contributed by atoms with Gasteiger partial charge in [-0.1, -0.05) is 30.1 Å². The van der Waals surface area contributed by atoms with Crippen LogP contribution >= 0.6 is 0 Å². The lowest BCUT2D eigenvalue weighted by Crippen LogP contribution is -2.66. The molecule has 2 aromatic rings. The van der Waals surface area contributed by atoms with E-state index >= 15 is 0 Å². The molecular formula is C23H29N3O6. The van der Waals surface area contributed by atoms with Crippen LogP contribution in [0.2, 0.25) is 0 Å². The van der Waals surface area contributed by atoms with Crippen molar-refractivity contribution in [2.45, 2.75) is 45.1 Å². The van der Waals surface area contributed by atoms with Crippen LogP contribution in [0.25, 0.3) is 0 Å². The van der Waals surface area contributed by atoms with E-state index in [9.17, 15) is 9.59 Å². The van der Waals surface area contributed by atoms with Gasteiger partial charge in [0.1, 0.15) is 11.5 Å². The number of hydrogen-bond donors (Lipinski definition) is 2. The van der Waals surface area contributed by atoms with Gasteiger partial charge in [0.25, 0.3) is 12.4 Å². The van der Waals surface area contributed by atoms with Crippen LogP contribution in [-0.4, -0.2) is 59.7 Å². The van der Waals surface area contributed by atoms with E-state index in [2.05, 4.69) is 10.5 Å². The number of carboxylic acid groups (broad SMARTS) is 1. The minimum atomic E-state index is -0.636. The molecule has 9 heteroatoms. The molecule has 1 saturated heterocycles. The molecule has 4 rings (SSSR count). The van der Waals surface area contributed by atoms with Crippen LogP contribution in [0.5, 0.6) is 5.75 Å². The maximum Gasteiger partial charge on any atom is 0.290 e. The number of hydrogen-bond acceptors (Lipinski definition) is 6. The molecule has 0 radical (unpaired) electrons. The van der Waals surface area contributed by atoms with Crippen LogP contribution in [0.1, 0.15) is 47.5 Å². The summed E-state index contributed by atoms with van der Waals surface area (Å²) < 4.78 is 10.3. The van der Waals surface area contributed by atoms with Gasteiger partial charge in [-0.2, -0.15) is 0 Å². The van der Waals surface area contributed by atoms with Crippen molar-refractivity contribution in [3.05, 3.63) is 47.3 Å². The monoisotopic (exact) mass is 443 g/mol. The van der Waals surface area contributed by atoms with Gasteiger partial charge in [0.05, 0.1) is 12.5 Å². The van der Waals surface area contributed by atoms with Crippen molar-refractivity contribution in [1.82, 2.24) is 15.4 Å². The van der Waals surface area contributed by atoms with E-state index in [0.29, 0.717) is 25.3 Å². The summed E-state index contributed by atoms with van der Waals surface area (Å²) >= 11 is 0. The highest BCUT2D eigenvalue weighted by atomic mass is 16.5. The van der Waals surface area contributed by atoms with Crippen LogP contribution in [0.15, 0.2) is 34.9 Å². The molecule has 32 heavy (non-hydrogen) atoms. The number of carbonyl (C=O) groups excluding carboxylic acids is 2.